The Labute approximate surface area is 93.7 Å². The van der Waals surface area contributed by atoms with Gasteiger partial charge in [0.2, 0.25) is 0 Å². The van der Waals surface area contributed by atoms with E-state index in [9.17, 15) is 0 Å². The summed E-state index contributed by atoms with van der Waals surface area (Å²) in [5.41, 5.74) is 0. The van der Waals surface area contributed by atoms with Crippen LogP contribution in [-0.2, 0) is 28.7 Å². The van der Waals surface area contributed by atoms with Gasteiger partial charge in [-0.2, -0.15) is 0 Å². The molecule has 0 aromatic carbocycles. The fourth-order valence-corrected chi connectivity index (χ4v) is 0. The Morgan fingerprint density at radius 2 is 0.636 bits per heavy atom. The molecular formula is C4I2O4Ru. The molecule has 4 nitrogen and oxygen atoms in total. The molecule has 7 heteroatoms. The van der Waals surface area contributed by atoms with Crippen molar-refractivity contribution in [3.63, 3.8) is 0 Å². The SMILES string of the molecule is [C-]#[O+].[C-]#[O+].[C-]#[O+].[C-]#[O+].[I][Ru][I]. The van der Waals surface area contributed by atoms with Crippen molar-refractivity contribution in [1.29, 1.82) is 0 Å². The summed E-state index contributed by atoms with van der Waals surface area (Å²) < 4.78 is 30.0. The van der Waals surface area contributed by atoms with E-state index in [-0.39, 0.29) is 0 Å². The minimum absolute atomic E-state index is 0.650. The van der Waals surface area contributed by atoms with Crippen LogP contribution in [0.5, 0.6) is 0 Å². The summed E-state index contributed by atoms with van der Waals surface area (Å²) in [4.78, 5) is 0. The van der Waals surface area contributed by atoms with E-state index in [1.807, 2.05) is 0 Å². The zero-order valence-electron chi connectivity index (χ0n) is 4.74. The molecule has 0 aliphatic carbocycles. The van der Waals surface area contributed by atoms with Crippen molar-refractivity contribution in [3.05, 3.63) is 26.6 Å². The summed E-state index contributed by atoms with van der Waals surface area (Å²) in [6.07, 6.45) is 0. The van der Waals surface area contributed by atoms with Gasteiger partial charge in [0.15, 0.2) is 0 Å². The molecule has 62 valence electrons. The monoisotopic (exact) mass is 468 g/mol. The number of hydrogen-bond donors (Lipinski definition) is 0. The fraction of sp³-hybridized carbons (Fsp3) is 0. The van der Waals surface area contributed by atoms with Crippen molar-refractivity contribution in [2.24, 2.45) is 0 Å². The van der Waals surface area contributed by atoms with Crippen molar-refractivity contribution in [2.75, 3.05) is 0 Å². The van der Waals surface area contributed by atoms with Gasteiger partial charge in [0.25, 0.3) is 0 Å². The standard InChI is InChI=1S/4CO.2HI.Ru/c4*1-2;;;/h;;;;2*1H;/q;;;;;;+2/p-2. The molecule has 0 aliphatic heterocycles. The van der Waals surface area contributed by atoms with Gasteiger partial charge in [-0.25, -0.2) is 0 Å². The van der Waals surface area contributed by atoms with Crippen molar-refractivity contribution in [3.8, 4) is 0 Å². The van der Waals surface area contributed by atoms with Crippen molar-refractivity contribution in [1.82, 2.24) is 0 Å². The van der Waals surface area contributed by atoms with E-state index >= 15 is 0 Å². The fourth-order valence-electron chi connectivity index (χ4n) is 0. The topological polar surface area (TPSA) is 79.6 Å². The number of halogens is 2. The van der Waals surface area contributed by atoms with Crippen LogP contribution in [0.3, 0.4) is 0 Å². The molecule has 0 aromatic heterocycles. The first-order chi connectivity index (χ1) is 5.41. The van der Waals surface area contributed by atoms with Crippen molar-refractivity contribution >= 4 is 39.5 Å². The molecule has 0 aliphatic rings. The van der Waals surface area contributed by atoms with Gasteiger partial charge in [-0.1, -0.05) is 0 Å². The molecule has 0 unspecified atom stereocenters. The molecule has 0 saturated heterocycles. The molecule has 0 aromatic rings. The van der Waals surface area contributed by atoms with Gasteiger partial charge in [-0.05, 0) is 0 Å². The summed E-state index contributed by atoms with van der Waals surface area (Å²) >= 11 is 4.73. The molecule has 0 fully saturated rings. The van der Waals surface area contributed by atoms with E-state index in [4.69, 9.17) is 18.6 Å². The summed E-state index contributed by atoms with van der Waals surface area (Å²) in [6.45, 7) is 18.0. The molecule has 0 N–H and O–H groups in total. The number of rotatable bonds is 0. The quantitative estimate of drug-likeness (QED) is 0.225. The Hall–Kier alpha value is 1.04. The third kappa shape index (κ3) is 830. The predicted molar refractivity (Wildman–Crippen MR) is 43.8 cm³/mol. The van der Waals surface area contributed by atoms with E-state index in [0.29, 0.717) is 10.1 Å². The van der Waals surface area contributed by atoms with Gasteiger partial charge >= 0.3 is 94.8 Å². The first-order valence-corrected chi connectivity index (χ1v) is 11.4. The van der Waals surface area contributed by atoms with Gasteiger partial charge in [0.05, 0.1) is 0 Å². The molecule has 0 saturated carbocycles. The Balaban J connectivity index is -0.0000000139. The van der Waals surface area contributed by atoms with Gasteiger partial charge in [-0.3, -0.25) is 0 Å². The second-order valence-electron chi connectivity index (χ2n) is 0.0505. The van der Waals surface area contributed by atoms with Gasteiger partial charge in [-0.15, -0.1) is 0 Å². The molecular weight excluding hydrogens is 467 g/mol. The zero-order valence-corrected chi connectivity index (χ0v) is 10.8. The Kier molecular flexibility index (Phi) is 718. The molecule has 0 radical (unpaired) electrons. The first-order valence-electron chi connectivity index (χ1n) is 1.08. The average Bonchev–Trinajstić information content (AvgIpc) is 2.18. The van der Waals surface area contributed by atoms with Gasteiger partial charge < -0.3 is 0 Å². The van der Waals surface area contributed by atoms with Gasteiger partial charge in [0.1, 0.15) is 0 Å². The molecule has 0 spiro atoms. The molecule has 0 bridgehead atoms. The Morgan fingerprint density at radius 3 is 0.636 bits per heavy atom. The molecule has 0 rings (SSSR count). The first kappa shape index (κ1) is 29.6. The van der Waals surface area contributed by atoms with E-state index in [1.165, 1.54) is 0 Å². The van der Waals surface area contributed by atoms with E-state index < -0.39 is 0 Å². The van der Waals surface area contributed by atoms with Crippen LogP contribution in [0, 0.1) is 26.6 Å². The summed E-state index contributed by atoms with van der Waals surface area (Å²) in [5, 5.41) is 0. The zero-order chi connectivity index (χ0) is 10.7. The van der Waals surface area contributed by atoms with Crippen LogP contribution >= 0.6 is 39.5 Å². The summed E-state index contributed by atoms with van der Waals surface area (Å²) in [6, 6.07) is 0. The van der Waals surface area contributed by atoms with Crippen LogP contribution in [0.1, 0.15) is 0 Å². The maximum absolute atomic E-state index is 7.50. The second-order valence-corrected chi connectivity index (χ2v) is 13.4. The van der Waals surface area contributed by atoms with Crippen LogP contribution < -0.4 is 0 Å². The normalized spacial score (nSPS) is 2.73. The molecule has 11 heavy (non-hydrogen) atoms. The minimum atomic E-state index is 0.650. The Bertz CT molecular complexity index is 73.2. The van der Waals surface area contributed by atoms with E-state index in [2.05, 4.69) is 66.1 Å². The average molecular weight is 467 g/mol. The molecule has 0 atom stereocenters. The van der Waals surface area contributed by atoms with Crippen molar-refractivity contribution < 1.29 is 28.7 Å². The molecule has 0 amide bonds. The third-order valence-electron chi connectivity index (χ3n) is 0. The van der Waals surface area contributed by atoms with E-state index in [1.54, 1.807) is 0 Å². The maximum atomic E-state index is 7.50. The van der Waals surface area contributed by atoms with Crippen LogP contribution in [0.15, 0.2) is 0 Å². The Morgan fingerprint density at radius 1 is 0.636 bits per heavy atom. The van der Waals surface area contributed by atoms with Crippen molar-refractivity contribution in [2.45, 2.75) is 0 Å². The van der Waals surface area contributed by atoms with Crippen LogP contribution in [0.25, 0.3) is 0 Å². The summed E-state index contributed by atoms with van der Waals surface area (Å²) in [5.74, 6) is 0. The van der Waals surface area contributed by atoms with E-state index in [0.717, 1.165) is 0 Å². The van der Waals surface area contributed by atoms with Crippen LogP contribution in [0.2, 0.25) is 0 Å². The van der Waals surface area contributed by atoms with Crippen LogP contribution in [-0.4, -0.2) is 0 Å². The molecule has 0 heterocycles. The number of hydrogen-bond acceptors (Lipinski definition) is 0. The second kappa shape index (κ2) is 267. The third-order valence-corrected chi connectivity index (χ3v) is 0. The van der Waals surface area contributed by atoms with Gasteiger partial charge in [0, 0.05) is 0 Å². The van der Waals surface area contributed by atoms with Crippen LogP contribution in [0.4, 0.5) is 0 Å². The summed E-state index contributed by atoms with van der Waals surface area (Å²) in [7, 11) is 0.650. The predicted octanol–water partition coefficient (Wildman–Crippen LogP) is 1.62.